The number of hydrogen-bond acceptors (Lipinski definition) is 6. The first-order valence-electron chi connectivity index (χ1n) is 7.64. The second-order valence-electron chi connectivity index (χ2n) is 5.33. The van der Waals surface area contributed by atoms with Crippen molar-refractivity contribution in [3.05, 3.63) is 64.6 Å². The number of benzene rings is 2. The molecule has 132 valence electrons. The van der Waals surface area contributed by atoms with Crippen LogP contribution in [0.2, 0.25) is 0 Å². The Hall–Kier alpha value is -2.64. The molecule has 0 aromatic heterocycles. The highest BCUT2D eigenvalue weighted by atomic mass is 32.2. The van der Waals surface area contributed by atoms with Gasteiger partial charge in [0, 0.05) is 6.07 Å². The first-order valence-corrected chi connectivity index (χ1v) is 8.86. The van der Waals surface area contributed by atoms with Crippen molar-refractivity contribution in [3.63, 3.8) is 0 Å². The predicted octanol–water partition coefficient (Wildman–Crippen LogP) is 3.89. The first-order chi connectivity index (χ1) is 12.5. The average Bonchev–Trinajstić information content (AvgIpc) is 2.95. The zero-order chi connectivity index (χ0) is 18.7. The lowest BCUT2D eigenvalue weighted by molar-refractivity contribution is -0.113. The highest BCUT2D eigenvalue weighted by molar-refractivity contribution is 8.27. The number of hydrogen-bond donors (Lipinski definition) is 0. The van der Waals surface area contributed by atoms with Crippen LogP contribution in [0, 0.1) is 0 Å². The standard InChI is InChI=1S/C19H15NO4S2/c1-23-15-5-3-4-14(11-15)20-17(21)16(26-19(20)25)10-12-6-8-13(9-7-12)18(22)24-2/h3-11H,1-2H3/b16-10-. The largest absolute Gasteiger partial charge is 0.497 e. The summed E-state index contributed by atoms with van der Waals surface area (Å²) >= 11 is 6.60. The Morgan fingerprint density at radius 2 is 1.88 bits per heavy atom. The van der Waals surface area contributed by atoms with Gasteiger partial charge in [0.25, 0.3) is 5.91 Å². The average molecular weight is 385 g/mol. The summed E-state index contributed by atoms with van der Waals surface area (Å²) < 4.78 is 10.3. The van der Waals surface area contributed by atoms with Crippen molar-refractivity contribution in [1.29, 1.82) is 0 Å². The third-order valence-corrected chi connectivity index (χ3v) is 5.04. The number of nitrogens with zero attached hydrogens (tertiary/aromatic N) is 1. The van der Waals surface area contributed by atoms with Crippen molar-refractivity contribution >= 4 is 51.9 Å². The SMILES string of the molecule is COC(=O)c1ccc(/C=C2\SC(=S)N(c3cccc(OC)c3)C2=O)cc1. The lowest BCUT2D eigenvalue weighted by atomic mass is 10.1. The minimum atomic E-state index is -0.402. The number of carbonyl (C=O) groups is 2. The number of thiocarbonyl (C=S) groups is 1. The van der Waals surface area contributed by atoms with Crippen LogP contribution in [0.25, 0.3) is 6.08 Å². The molecule has 0 radical (unpaired) electrons. The molecule has 1 fully saturated rings. The van der Waals surface area contributed by atoms with E-state index in [0.29, 0.717) is 26.2 Å². The summed E-state index contributed by atoms with van der Waals surface area (Å²) in [5, 5.41) is 0. The summed E-state index contributed by atoms with van der Waals surface area (Å²) in [5.41, 5.74) is 1.91. The molecule has 1 aliphatic heterocycles. The van der Waals surface area contributed by atoms with Gasteiger partial charge in [0.2, 0.25) is 0 Å². The number of methoxy groups -OCH3 is 2. The topological polar surface area (TPSA) is 55.8 Å². The molecule has 5 nitrogen and oxygen atoms in total. The highest BCUT2D eigenvalue weighted by Crippen LogP contribution is 2.36. The van der Waals surface area contributed by atoms with Gasteiger partial charge in [-0.2, -0.15) is 0 Å². The fraction of sp³-hybridized carbons (Fsp3) is 0.105. The molecule has 2 aromatic carbocycles. The maximum absolute atomic E-state index is 12.8. The van der Waals surface area contributed by atoms with Crippen LogP contribution in [0.1, 0.15) is 15.9 Å². The third-order valence-electron chi connectivity index (χ3n) is 3.73. The summed E-state index contributed by atoms with van der Waals surface area (Å²) in [4.78, 5) is 26.3. The molecule has 7 heteroatoms. The van der Waals surface area contributed by atoms with Crippen LogP contribution in [0.15, 0.2) is 53.4 Å². The smallest absolute Gasteiger partial charge is 0.337 e. The Labute approximate surface area is 160 Å². The zero-order valence-corrected chi connectivity index (χ0v) is 15.7. The number of anilines is 1. The molecule has 1 heterocycles. The van der Waals surface area contributed by atoms with Crippen LogP contribution in [-0.2, 0) is 9.53 Å². The lowest BCUT2D eigenvalue weighted by Crippen LogP contribution is -2.27. The van der Waals surface area contributed by atoms with E-state index in [2.05, 4.69) is 4.74 Å². The van der Waals surface area contributed by atoms with E-state index in [1.165, 1.54) is 23.8 Å². The van der Waals surface area contributed by atoms with Gasteiger partial charge in [0.15, 0.2) is 4.32 Å². The number of carbonyl (C=O) groups excluding carboxylic acids is 2. The molecular weight excluding hydrogens is 370 g/mol. The minimum Gasteiger partial charge on any atom is -0.497 e. The molecule has 0 unspecified atom stereocenters. The molecule has 0 saturated carbocycles. The molecule has 26 heavy (non-hydrogen) atoms. The number of amides is 1. The molecule has 1 aliphatic rings. The summed E-state index contributed by atoms with van der Waals surface area (Å²) in [6, 6.07) is 14.0. The van der Waals surface area contributed by atoms with E-state index in [1.807, 2.05) is 6.07 Å². The van der Waals surface area contributed by atoms with Gasteiger partial charge in [0.05, 0.1) is 30.4 Å². The van der Waals surface area contributed by atoms with Crippen molar-refractivity contribution in [2.45, 2.75) is 0 Å². The van der Waals surface area contributed by atoms with Crippen molar-refractivity contribution in [2.24, 2.45) is 0 Å². The van der Waals surface area contributed by atoms with E-state index in [1.54, 1.807) is 55.7 Å². The number of rotatable bonds is 4. The molecule has 2 aromatic rings. The first kappa shape index (κ1) is 18.2. The number of thioether (sulfide) groups is 1. The molecule has 0 spiro atoms. The Balaban J connectivity index is 1.86. The third kappa shape index (κ3) is 3.63. The molecular formula is C19H15NO4S2. The van der Waals surface area contributed by atoms with E-state index in [4.69, 9.17) is 17.0 Å². The molecule has 0 N–H and O–H groups in total. The van der Waals surface area contributed by atoms with E-state index in [9.17, 15) is 9.59 Å². The van der Waals surface area contributed by atoms with Crippen LogP contribution in [-0.4, -0.2) is 30.4 Å². The maximum Gasteiger partial charge on any atom is 0.337 e. The van der Waals surface area contributed by atoms with Gasteiger partial charge in [-0.1, -0.05) is 42.2 Å². The molecule has 0 aliphatic carbocycles. The minimum absolute atomic E-state index is 0.190. The van der Waals surface area contributed by atoms with Gasteiger partial charge in [-0.25, -0.2) is 4.79 Å². The van der Waals surface area contributed by atoms with Crippen LogP contribution < -0.4 is 9.64 Å². The van der Waals surface area contributed by atoms with Crippen LogP contribution in [0.5, 0.6) is 5.75 Å². The second kappa shape index (κ2) is 7.72. The van der Waals surface area contributed by atoms with E-state index >= 15 is 0 Å². The van der Waals surface area contributed by atoms with Crippen LogP contribution in [0.3, 0.4) is 0 Å². The number of esters is 1. The highest BCUT2D eigenvalue weighted by Gasteiger charge is 2.33. The molecule has 0 atom stereocenters. The van der Waals surface area contributed by atoms with Crippen molar-refractivity contribution in [2.75, 3.05) is 19.1 Å². The Morgan fingerprint density at radius 1 is 1.15 bits per heavy atom. The molecule has 0 bridgehead atoms. The Morgan fingerprint density at radius 3 is 2.54 bits per heavy atom. The monoisotopic (exact) mass is 385 g/mol. The van der Waals surface area contributed by atoms with Crippen molar-refractivity contribution in [1.82, 2.24) is 0 Å². The van der Waals surface area contributed by atoms with Gasteiger partial charge < -0.3 is 9.47 Å². The lowest BCUT2D eigenvalue weighted by Gasteiger charge is -2.15. The molecule has 1 amide bonds. The van der Waals surface area contributed by atoms with Crippen LogP contribution in [0.4, 0.5) is 5.69 Å². The molecule has 3 rings (SSSR count). The predicted molar refractivity (Wildman–Crippen MR) is 106 cm³/mol. The van der Waals surface area contributed by atoms with Gasteiger partial charge in [-0.05, 0) is 35.9 Å². The van der Waals surface area contributed by atoms with Crippen LogP contribution >= 0.6 is 24.0 Å². The van der Waals surface area contributed by atoms with Gasteiger partial charge >= 0.3 is 5.97 Å². The fourth-order valence-corrected chi connectivity index (χ4v) is 3.72. The Kier molecular flexibility index (Phi) is 5.39. The summed E-state index contributed by atoms with van der Waals surface area (Å²) in [5.74, 6) is 0.0603. The number of ether oxygens (including phenoxy) is 2. The Bertz CT molecular complexity index is 906. The summed E-state index contributed by atoms with van der Waals surface area (Å²) in [6.07, 6.45) is 1.75. The van der Waals surface area contributed by atoms with Gasteiger partial charge in [-0.3, -0.25) is 9.69 Å². The normalized spacial score (nSPS) is 15.5. The van der Waals surface area contributed by atoms with Gasteiger partial charge in [0.1, 0.15) is 5.75 Å². The zero-order valence-electron chi connectivity index (χ0n) is 14.1. The quantitative estimate of drug-likeness (QED) is 0.452. The van der Waals surface area contributed by atoms with Crippen molar-refractivity contribution < 1.29 is 19.1 Å². The van der Waals surface area contributed by atoms with Gasteiger partial charge in [-0.15, -0.1) is 0 Å². The van der Waals surface area contributed by atoms with E-state index in [-0.39, 0.29) is 5.91 Å². The molecule has 1 saturated heterocycles. The van der Waals surface area contributed by atoms with E-state index in [0.717, 1.165) is 5.56 Å². The summed E-state index contributed by atoms with van der Waals surface area (Å²) in [7, 11) is 2.90. The fourth-order valence-electron chi connectivity index (χ4n) is 2.42. The van der Waals surface area contributed by atoms with Crippen molar-refractivity contribution in [3.8, 4) is 5.75 Å². The summed E-state index contributed by atoms with van der Waals surface area (Å²) in [6.45, 7) is 0. The second-order valence-corrected chi connectivity index (χ2v) is 7.01. The van der Waals surface area contributed by atoms with E-state index < -0.39 is 5.97 Å². The maximum atomic E-state index is 12.8.